The van der Waals surface area contributed by atoms with E-state index in [1.807, 2.05) is 0 Å². The average molecular weight is 1030 g/mol. The number of amides is 1. The van der Waals surface area contributed by atoms with Crippen LogP contribution in [0.1, 0.15) is 271 Å². The lowest BCUT2D eigenvalue weighted by Gasteiger charge is -2.41. The van der Waals surface area contributed by atoms with Crippen LogP contribution in [-0.2, 0) is 18.4 Å². The summed E-state index contributed by atoms with van der Waals surface area (Å²) in [4.78, 5) is 23.6. The summed E-state index contributed by atoms with van der Waals surface area (Å²) >= 11 is 0. The molecule has 1 aliphatic carbocycles. The fraction of sp³-hybridized carbons (Fsp3) is 0.912. The predicted molar refractivity (Wildman–Crippen MR) is 289 cm³/mol. The summed E-state index contributed by atoms with van der Waals surface area (Å²) < 4.78 is 23.0. The number of allylic oxidation sites excluding steroid dienone is 3. The Bertz CT molecular complexity index is 1310. The maximum absolute atomic E-state index is 13.1. The molecule has 1 aliphatic rings. The first-order valence-corrected chi connectivity index (χ1v) is 30.9. The van der Waals surface area contributed by atoms with Crippen molar-refractivity contribution in [2.24, 2.45) is 0 Å². The highest BCUT2D eigenvalue weighted by molar-refractivity contribution is 7.47. The fourth-order valence-electron chi connectivity index (χ4n) is 9.53. The van der Waals surface area contributed by atoms with Gasteiger partial charge in [-0.3, -0.25) is 13.8 Å². The monoisotopic (exact) mass is 1030 g/mol. The number of carbonyl (C=O) groups excluding carboxylic acids is 1. The van der Waals surface area contributed by atoms with Crippen LogP contribution in [0, 0.1) is 0 Å². The van der Waals surface area contributed by atoms with E-state index >= 15 is 0 Å². The van der Waals surface area contributed by atoms with Gasteiger partial charge in [-0.15, -0.1) is 0 Å². The Morgan fingerprint density at radius 1 is 0.493 bits per heavy atom. The van der Waals surface area contributed by atoms with Gasteiger partial charge in [-0.05, 0) is 44.9 Å². The molecule has 1 fully saturated rings. The van der Waals surface area contributed by atoms with Gasteiger partial charge < -0.3 is 46.0 Å². The number of aliphatic hydroxyl groups excluding tert-OH is 7. The Balaban J connectivity index is 2.42. The van der Waals surface area contributed by atoms with Gasteiger partial charge >= 0.3 is 7.82 Å². The number of aliphatic hydroxyl groups is 7. The van der Waals surface area contributed by atoms with Gasteiger partial charge in [0.1, 0.15) is 36.6 Å². The Labute approximate surface area is 433 Å². The fourth-order valence-corrected chi connectivity index (χ4v) is 10.5. The molecule has 0 spiro atoms. The smallest absolute Gasteiger partial charge is 0.393 e. The van der Waals surface area contributed by atoms with Gasteiger partial charge in [0.2, 0.25) is 5.91 Å². The summed E-state index contributed by atoms with van der Waals surface area (Å²) in [7, 11) is -5.15. The number of phosphoric acid groups is 1. The third-order valence-electron chi connectivity index (χ3n) is 14.3. The second-order valence-corrected chi connectivity index (χ2v) is 22.4. The van der Waals surface area contributed by atoms with Gasteiger partial charge in [0.05, 0.1) is 31.3 Å². The zero-order chi connectivity index (χ0) is 52.2. The second-order valence-electron chi connectivity index (χ2n) is 21.0. The van der Waals surface area contributed by atoms with Crippen molar-refractivity contribution in [3.63, 3.8) is 0 Å². The van der Waals surface area contributed by atoms with Crippen molar-refractivity contribution in [3.05, 3.63) is 24.3 Å². The zero-order valence-corrected chi connectivity index (χ0v) is 46.0. The second kappa shape index (κ2) is 46.1. The van der Waals surface area contributed by atoms with Crippen LogP contribution >= 0.6 is 7.82 Å². The third kappa shape index (κ3) is 37.2. The molecule has 13 nitrogen and oxygen atoms in total. The molecule has 0 aromatic heterocycles. The Hall–Kier alpha value is -1.22. The molecule has 1 saturated carbocycles. The van der Waals surface area contributed by atoms with Crippen molar-refractivity contribution in [1.29, 1.82) is 0 Å². The average Bonchev–Trinajstić information content (AvgIpc) is 3.35. The lowest BCUT2D eigenvalue weighted by atomic mass is 9.85. The molecule has 0 heterocycles. The van der Waals surface area contributed by atoms with Crippen LogP contribution in [0.3, 0.4) is 0 Å². The van der Waals surface area contributed by atoms with E-state index in [1.165, 1.54) is 179 Å². The third-order valence-corrected chi connectivity index (χ3v) is 15.3. The molecular weight excluding hydrogens is 922 g/mol. The van der Waals surface area contributed by atoms with Crippen molar-refractivity contribution < 1.29 is 59.0 Å². The summed E-state index contributed by atoms with van der Waals surface area (Å²) in [6, 6.07) is -1.24. The van der Waals surface area contributed by atoms with Gasteiger partial charge in [0.15, 0.2) is 0 Å². The van der Waals surface area contributed by atoms with Gasteiger partial charge in [-0.2, -0.15) is 0 Å². The SMILES string of the molecule is CCCCCCCCCCCCC/C=C\CCCCCCCC(O)CC(=O)NC(COP(=O)(O)OC1C(O)C(O)C(O)C(O)C1O)C(O)/C=C/CCCCCCCCCCCCCCCCCCCCC. The molecule has 1 rings (SSSR count). The first kappa shape index (κ1) is 67.8. The van der Waals surface area contributed by atoms with E-state index in [-0.39, 0.29) is 6.42 Å². The molecule has 0 aromatic carbocycles. The molecule has 0 aliphatic heterocycles. The van der Waals surface area contributed by atoms with E-state index in [0.29, 0.717) is 12.8 Å². The molecular formula is C57H110NO12P. The quantitative estimate of drug-likeness (QED) is 0.0158. The summed E-state index contributed by atoms with van der Waals surface area (Å²) in [5.41, 5.74) is 0. The summed E-state index contributed by atoms with van der Waals surface area (Å²) in [5, 5.41) is 74.9. The lowest BCUT2D eigenvalue weighted by molar-refractivity contribution is -0.220. The van der Waals surface area contributed by atoms with Crippen molar-refractivity contribution in [1.82, 2.24) is 5.32 Å². The van der Waals surface area contributed by atoms with Crippen molar-refractivity contribution in [3.8, 4) is 0 Å². The molecule has 0 radical (unpaired) electrons. The van der Waals surface area contributed by atoms with Crippen molar-refractivity contribution in [2.45, 2.75) is 326 Å². The molecule has 0 aromatic rings. The van der Waals surface area contributed by atoms with Gasteiger partial charge in [-0.1, -0.05) is 244 Å². The van der Waals surface area contributed by atoms with Crippen LogP contribution in [0.4, 0.5) is 0 Å². The minimum absolute atomic E-state index is 0.248. The van der Waals surface area contributed by atoms with Crippen LogP contribution in [-0.4, -0.2) is 108 Å². The van der Waals surface area contributed by atoms with Crippen LogP contribution < -0.4 is 5.32 Å². The van der Waals surface area contributed by atoms with Gasteiger partial charge in [-0.25, -0.2) is 4.57 Å². The normalized spacial score (nSPS) is 21.8. The minimum atomic E-state index is -5.15. The molecule has 420 valence electrons. The van der Waals surface area contributed by atoms with E-state index in [9.17, 15) is 50.0 Å². The first-order valence-electron chi connectivity index (χ1n) is 29.4. The molecule has 14 heteroatoms. The number of rotatable bonds is 50. The zero-order valence-electron chi connectivity index (χ0n) is 45.2. The van der Waals surface area contributed by atoms with E-state index in [4.69, 9.17) is 9.05 Å². The summed E-state index contributed by atoms with van der Waals surface area (Å²) in [6.45, 7) is 3.79. The van der Waals surface area contributed by atoms with Crippen LogP contribution in [0.2, 0.25) is 0 Å². The highest BCUT2D eigenvalue weighted by Crippen LogP contribution is 2.47. The number of hydrogen-bond donors (Lipinski definition) is 9. The highest BCUT2D eigenvalue weighted by Gasteiger charge is 2.51. The molecule has 8 atom stereocenters. The van der Waals surface area contributed by atoms with E-state index in [2.05, 4.69) is 31.3 Å². The van der Waals surface area contributed by atoms with Crippen LogP contribution in [0.5, 0.6) is 0 Å². The largest absolute Gasteiger partial charge is 0.472 e. The van der Waals surface area contributed by atoms with Gasteiger partial charge in [0, 0.05) is 0 Å². The molecule has 0 bridgehead atoms. The number of nitrogens with one attached hydrogen (secondary N) is 1. The Morgan fingerprint density at radius 2 is 0.817 bits per heavy atom. The van der Waals surface area contributed by atoms with E-state index < -0.39 is 75.2 Å². The Morgan fingerprint density at radius 3 is 1.20 bits per heavy atom. The summed E-state index contributed by atoms with van der Waals surface area (Å²) in [5.74, 6) is -0.593. The molecule has 0 saturated heterocycles. The van der Waals surface area contributed by atoms with Crippen molar-refractivity contribution in [2.75, 3.05) is 6.61 Å². The molecule has 8 unspecified atom stereocenters. The number of unbranched alkanes of at least 4 members (excludes halogenated alkanes) is 35. The lowest BCUT2D eigenvalue weighted by Crippen LogP contribution is -2.64. The maximum Gasteiger partial charge on any atom is 0.472 e. The standard InChI is InChI=1S/C57H110NO12P/c1-3-5-7-9-11-13-15-17-19-21-23-25-27-29-31-33-35-37-39-41-43-45-50(60)49(47-69-71(67,68)70-57-55(65)53(63)52(62)54(64)56(57)66)58-51(61)46-48(59)44-42-40-38-36-34-32-30-28-26-24-22-20-18-16-14-12-10-8-6-4-2/h28,30,43,45,48-50,52-57,59-60,62-66H,3-27,29,31-42,44,46-47H2,1-2H3,(H,58,61)(H,67,68)/b30-28-,45-43+. The minimum Gasteiger partial charge on any atom is -0.393 e. The maximum atomic E-state index is 13.1. The van der Waals surface area contributed by atoms with E-state index in [1.54, 1.807) is 6.08 Å². The summed E-state index contributed by atoms with van der Waals surface area (Å²) in [6.07, 6.45) is 41.1. The molecule has 71 heavy (non-hydrogen) atoms. The number of phosphoric ester groups is 1. The molecule has 1 amide bonds. The van der Waals surface area contributed by atoms with Crippen LogP contribution in [0.15, 0.2) is 24.3 Å². The Kier molecular flexibility index (Phi) is 44.0. The predicted octanol–water partition coefficient (Wildman–Crippen LogP) is 12.3. The van der Waals surface area contributed by atoms with Crippen molar-refractivity contribution >= 4 is 13.7 Å². The number of carbonyl (C=O) groups is 1. The molecule has 9 N–H and O–H groups in total. The first-order chi connectivity index (χ1) is 34.3. The topological polar surface area (TPSA) is 226 Å². The van der Waals surface area contributed by atoms with E-state index in [0.717, 1.165) is 64.2 Å². The highest BCUT2D eigenvalue weighted by atomic mass is 31.2. The van der Waals surface area contributed by atoms with Crippen LogP contribution in [0.25, 0.3) is 0 Å². The number of hydrogen-bond acceptors (Lipinski definition) is 11. The van der Waals surface area contributed by atoms with Gasteiger partial charge in [0.25, 0.3) is 0 Å².